The molecule has 0 radical (unpaired) electrons. The topological polar surface area (TPSA) is 54.5 Å². The number of rotatable bonds is 2. The van der Waals surface area contributed by atoms with Crippen LogP contribution < -0.4 is 4.31 Å². The van der Waals surface area contributed by atoms with E-state index in [0.717, 1.165) is 16.7 Å². The summed E-state index contributed by atoms with van der Waals surface area (Å²) in [5.41, 5.74) is 3.18. The van der Waals surface area contributed by atoms with Crippen LogP contribution in [0, 0.1) is 6.92 Å². The van der Waals surface area contributed by atoms with Crippen molar-refractivity contribution in [3.8, 4) is 0 Å². The molecule has 4 nitrogen and oxygen atoms in total. The molecule has 2 atom stereocenters. The smallest absolute Gasteiger partial charge is 0.264 e. The molecule has 1 heterocycles. The summed E-state index contributed by atoms with van der Waals surface area (Å²) in [7, 11) is -3.81. The summed E-state index contributed by atoms with van der Waals surface area (Å²) in [4.78, 5) is 13.9. The summed E-state index contributed by atoms with van der Waals surface area (Å²) in [6.07, 6.45) is 0.514. The number of para-hydroxylation sites is 1. The van der Waals surface area contributed by atoms with E-state index in [1.54, 1.807) is 24.3 Å². The van der Waals surface area contributed by atoms with Crippen molar-refractivity contribution in [1.29, 1.82) is 0 Å². The summed E-state index contributed by atoms with van der Waals surface area (Å²) in [5.74, 6) is 0.00894. The molecule has 0 aromatic heterocycles. The van der Waals surface area contributed by atoms with Crippen molar-refractivity contribution in [2.24, 2.45) is 0 Å². The quantitative estimate of drug-likeness (QED) is 0.642. The highest BCUT2D eigenvalue weighted by atomic mass is 32.2. The molecular weight excluding hydrogens is 382 g/mol. The lowest BCUT2D eigenvalue weighted by Crippen LogP contribution is -2.48. The summed E-state index contributed by atoms with van der Waals surface area (Å²) in [6, 6.07) is 21.4. The molecule has 0 unspecified atom stereocenters. The minimum absolute atomic E-state index is 0.00894. The van der Waals surface area contributed by atoms with E-state index >= 15 is 0 Å². The van der Waals surface area contributed by atoms with Crippen molar-refractivity contribution < 1.29 is 13.2 Å². The number of aryl methyl sites for hydroxylation is 1. The minimum atomic E-state index is -3.81. The first kappa shape index (κ1) is 18.1. The second-order valence-corrected chi connectivity index (χ2v) is 9.76. The highest BCUT2D eigenvalue weighted by Crippen LogP contribution is 2.53. The summed E-state index contributed by atoms with van der Waals surface area (Å²) >= 11 is 0. The van der Waals surface area contributed by atoms with E-state index in [9.17, 15) is 13.2 Å². The van der Waals surface area contributed by atoms with Crippen LogP contribution in [0.1, 0.15) is 34.0 Å². The monoisotopic (exact) mass is 403 g/mol. The largest absolute Gasteiger partial charge is 0.293 e. The molecule has 3 aromatic rings. The number of fused-ring (bicyclic) bond motifs is 3. The molecule has 1 aliphatic carbocycles. The third kappa shape index (κ3) is 2.31. The molecule has 29 heavy (non-hydrogen) atoms. The van der Waals surface area contributed by atoms with Crippen molar-refractivity contribution in [1.82, 2.24) is 0 Å². The van der Waals surface area contributed by atoms with Crippen molar-refractivity contribution in [3.05, 3.63) is 95.1 Å². The Morgan fingerprint density at radius 2 is 1.59 bits per heavy atom. The molecule has 1 spiro atoms. The van der Waals surface area contributed by atoms with Gasteiger partial charge in [-0.1, -0.05) is 60.2 Å². The molecule has 3 aromatic carbocycles. The van der Waals surface area contributed by atoms with Crippen LogP contribution >= 0.6 is 0 Å². The molecule has 0 fully saturated rings. The zero-order valence-electron chi connectivity index (χ0n) is 16.3. The van der Waals surface area contributed by atoms with Crippen molar-refractivity contribution in [2.45, 2.75) is 36.6 Å². The van der Waals surface area contributed by atoms with Crippen molar-refractivity contribution in [2.75, 3.05) is 4.31 Å². The number of benzene rings is 3. The van der Waals surface area contributed by atoms with Gasteiger partial charge in [0.15, 0.2) is 5.78 Å². The van der Waals surface area contributed by atoms with Crippen molar-refractivity contribution in [3.63, 3.8) is 0 Å². The van der Waals surface area contributed by atoms with Gasteiger partial charge in [0.1, 0.15) is 0 Å². The lowest BCUT2D eigenvalue weighted by atomic mass is 9.74. The number of hydrogen-bond acceptors (Lipinski definition) is 3. The van der Waals surface area contributed by atoms with Crippen LogP contribution in [-0.4, -0.2) is 20.2 Å². The van der Waals surface area contributed by atoms with Crippen LogP contribution in [0.5, 0.6) is 0 Å². The normalized spacial score (nSPS) is 22.8. The van der Waals surface area contributed by atoms with E-state index in [-0.39, 0.29) is 10.7 Å². The number of carbonyl (C=O) groups is 1. The van der Waals surface area contributed by atoms with Gasteiger partial charge in [0.05, 0.1) is 22.0 Å². The Bertz CT molecular complexity index is 1250. The fourth-order valence-corrected chi connectivity index (χ4v) is 6.63. The van der Waals surface area contributed by atoms with E-state index in [0.29, 0.717) is 17.7 Å². The highest BCUT2D eigenvalue weighted by molar-refractivity contribution is 7.92. The second-order valence-electron chi connectivity index (χ2n) is 7.94. The Hall–Kier alpha value is -2.92. The number of Topliss-reactive ketones (excluding diaryl/α,β-unsaturated/α-hetero) is 1. The first-order valence-electron chi connectivity index (χ1n) is 9.71. The van der Waals surface area contributed by atoms with Crippen LogP contribution in [0.2, 0.25) is 0 Å². The number of hydrogen-bond donors (Lipinski definition) is 0. The third-order valence-electron chi connectivity index (χ3n) is 6.40. The molecular formula is C24H21NO3S. The number of nitrogens with zero attached hydrogens (tertiary/aromatic N) is 1. The van der Waals surface area contributed by atoms with Gasteiger partial charge in [0, 0.05) is 5.56 Å². The van der Waals surface area contributed by atoms with Gasteiger partial charge in [0.25, 0.3) is 10.0 Å². The number of sulfonamides is 1. The van der Waals surface area contributed by atoms with Gasteiger partial charge in [-0.3, -0.25) is 9.10 Å². The van der Waals surface area contributed by atoms with Crippen LogP contribution in [0.4, 0.5) is 5.69 Å². The van der Waals surface area contributed by atoms with Crippen LogP contribution in [0.15, 0.2) is 77.7 Å². The van der Waals surface area contributed by atoms with Gasteiger partial charge in [-0.25, -0.2) is 8.42 Å². The Balaban J connectivity index is 1.72. The molecule has 146 valence electrons. The molecule has 5 heteroatoms. The SMILES string of the molecule is Cc1ccc(S(=O)(=O)N2c3ccccc3[C@@]3(Cc4ccccc4C3=O)[C@@H]2C)cc1. The van der Waals surface area contributed by atoms with Crippen LogP contribution in [-0.2, 0) is 21.9 Å². The predicted octanol–water partition coefficient (Wildman–Crippen LogP) is 4.27. The van der Waals surface area contributed by atoms with Gasteiger partial charge in [-0.15, -0.1) is 0 Å². The molecule has 5 rings (SSSR count). The van der Waals surface area contributed by atoms with Gasteiger partial charge in [0.2, 0.25) is 0 Å². The summed E-state index contributed by atoms with van der Waals surface area (Å²) in [5, 5.41) is 0. The molecule has 0 N–H and O–H groups in total. The Morgan fingerprint density at radius 1 is 0.931 bits per heavy atom. The van der Waals surface area contributed by atoms with Gasteiger partial charge < -0.3 is 0 Å². The summed E-state index contributed by atoms with van der Waals surface area (Å²) in [6.45, 7) is 3.78. The molecule has 2 aliphatic rings. The maximum absolute atomic E-state index is 13.7. The van der Waals surface area contributed by atoms with E-state index in [1.807, 2.05) is 62.4 Å². The van der Waals surface area contributed by atoms with Gasteiger partial charge in [-0.05, 0) is 49.6 Å². The Labute approximate surface area is 170 Å². The molecule has 0 amide bonds. The first-order chi connectivity index (χ1) is 13.9. The fourth-order valence-electron chi connectivity index (χ4n) is 4.91. The second kappa shape index (κ2) is 6.04. The number of ketones is 1. The molecule has 0 bridgehead atoms. The lowest BCUT2D eigenvalue weighted by molar-refractivity contribution is 0.0894. The number of anilines is 1. The third-order valence-corrected chi connectivity index (χ3v) is 8.30. The maximum Gasteiger partial charge on any atom is 0.264 e. The van der Waals surface area contributed by atoms with E-state index < -0.39 is 21.5 Å². The number of carbonyl (C=O) groups excluding carboxylic acids is 1. The fraction of sp³-hybridized carbons (Fsp3) is 0.208. The Morgan fingerprint density at radius 3 is 2.31 bits per heavy atom. The van der Waals surface area contributed by atoms with E-state index in [4.69, 9.17) is 0 Å². The van der Waals surface area contributed by atoms with Crippen LogP contribution in [0.3, 0.4) is 0 Å². The average Bonchev–Trinajstić information content (AvgIpc) is 3.16. The predicted molar refractivity (Wildman–Crippen MR) is 113 cm³/mol. The average molecular weight is 404 g/mol. The van der Waals surface area contributed by atoms with Gasteiger partial charge >= 0.3 is 0 Å². The maximum atomic E-state index is 13.7. The van der Waals surface area contributed by atoms with Crippen LogP contribution in [0.25, 0.3) is 0 Å². The van der Waals surface area contributed by atoms with Gasteiger partial charge in [-0.2, -0.15) is 0 Å². The van der Waals surface area contributed by atoms with E-state index in [2.05, 4.69) is 0 Å². The van der Waals surface area contributed by atoms with E-state index in [1.165, 1.54) is 4.31 Å². The first-order valence-corrected chi connectivity index (χ1v) is 11.1. The Kier molecular flexibility index (Phi) is 3.77. The van der Waals surface area contributed by atoms with Crippen molar-refractivity contribution >= 4 is 21.5 Å². The molecule has 0 saturated heterocycles. The summed E-state index contributed by atoms with van der Waals surface area (Å²) < 4.78 is 28.8. The molecule has 1 aliphatic heterocycles. The zero-order valence-corrected chi connectivity index (χ0v) is 17.1. The zero-order chi connectivity index (χ0) is 20.4. The highest BCUT2D eigenvalue weighted by Gasteiger charge is 2.59. The molecule has 0 saturated carbocycles. The minimum Gasteiger partial charge on any atom is -0.293 e. The standard InChI is InChI=1S/C24H21NO3S/c1-16-11-13-19(14-12-16)29(27,28)25-17(2)24(21-9-5-6-10-22(21)25)15-18-7-3-4-8-20(18)23(24)26/h3-14,17H,15H2,1-2H3/t17-,24+/m0/s1. The lowest BCUT2D eigenvalue weighted by Gasteiger charge is -2.32.